The lowest BCUT2D eigenvalue weighted by Crippen LogP contribution is -2.34. The molecule has 0 atom stereocenters. The minimum absolute atomic E-state index is 0.145. The van der Waals surface area contributed by atoms with Crippen molar-refractivity contribution in [2.45, 2.75) is 195 Å². The molecule has 324 valence electrons. The number of benzene rings is 1. The van der Waals surface area contributed by atoms with E-state index in [0.717, 1.165) is 54.6 Å². The lowest BCUT2D eigenvalue weighted by molar-refractivity contribution is -0.157. The van der Waals surface area contributed by atoms with Gasteiger partial charge in [-0.05, 0) is 98.2 Å². The molecule has 2 heterocycles. The molecule has 3 aromatic rings. The molecule has 9 heteroatoms. The maximum absolute atomic E-state index is 13.2. The van der Waals surface area contributed by atoms with Gasteiger partial charge in [0.25, 0.3) is 0 Å². The Morgan fingerprint density at radius 2 is 1.21 bits per heavy atom. The van der Waals surface area contributed by atoms with Gasteiger partial charge >= 0.3 is 5.97 Å². The largest absolute Gasteiger partial charge is 0.458 e. The van der Waals surface area contributed by atoms with Crippen LogP contribution in [0.2, 0.25) is 0 Å². The van der Waals surface area contributed by atoms with Crippen molar-refractivity contribution in [3.8, 4) is 0 Å². The van der Waals surface area contributed by atoms with Crippen LogP contribution in [0.1, 0.15) is 182 Å². The number of rotatable bonds is 35. The highest BCUT2D eigenvalue weighted by molar-refractivity contribution is 6.06. The Bertz CT molecular complexity index is 1510. The highest BCUT2D eigenvalue weighted by Crippen LogP contribution is 2.31. The van der Waals surface area contributed by atoms with Crippen molar-refractivity contribution in [1.29, 1.82) is 0 Å². The second-order valence-electron chi connectivity index (χ2n) is 17.1. The number of para-hydroxylation sites is 1. The van der Waals surface area contributed by atoms with E-state index in [1.807, 2.05) is 45.0 Å². The Morgan fingerprint density at radius 1 is 0.684 bits per heavy atom. The third-order valence-electron chi connectivity index (χ3n) is 11.5. The van der Waals surface area contributed by atoms with Crippen molar-refractivity contribution >= 4 is 33.7 Å². The molecule has 2 N–H and O–H groups in total. The molecule has 9 nitrogen and oxygen atoms in total. The van der Waals surface area contributed by atoms with Gasteiger partial charge in [-0.3, -0.25) is 4.79 Å². The molecular formula is C48H84N6O3. The fourth-order valence-electron chi connectivity index (χ4n) is 8.15. The normalized spacial score (nSPS) is 12.2. The third-order valence-corrected chi connectivity index (χ3v) is 11.5. The number of ether oxygens (including phenoxy) is 2. The van der Waals surface area contributed by atoms with Crippen LogP contribution < -0.4 is 5.73 Å². The zero-order valence-corrected chi connectivity index (χ0v) is 37.6. The Hall–Kier alpha value is -2.75. The number of carbonyl (C=O) groups excluding carboxylic acids is 1. The van der Waals surface area contributed by atoms with Crippen LogP contribution in [-0.2, 0) is 27.4 Å². The predicted octanol–water partition coefficient (Wildman–Crippen LogP) is 11.9. The third kappa shape index (κ3) is 18.8. The number of hydrogen-bond donors (Lipinski definition) is 1. The molecule has 0 fully saturated rings. The molecule has 2 aromatic heterocycles. The van der Waals surface area contributed by atoms with Crippen molar-refractivity contribution in [1.82, 2.24) is 24.3 Å². The molecular weight excluding hydrogens is 709 g/mol. The lowest BCUT2D eigenvalue weighted by Gasteiger charge is -2.27. The first-order valence-corrected chi connectivity index (χ1v) is 23.5. The minimum atomic E-state index is -0.752. The van der Waals surface area contributed by atoms with Crippen LogP contribution in [0, 0.1) is 0 Å². The number of anilines is 1. The molecule has 0 aliphatic rings. The van der Waals surface area contributed by atoms with E-state index < -0.39 is 5.60 Å². The summed E-state index contributed by atoms with van der Waals surface area (Å²) in [5, 5.41) is 0.969. The molecule has 1 aromatic carbocycles. The summed E-state index contributed by atoms with van der Waals surface area (Å²) in [6.45, 7) is 21.3. The Labute approximate surface area is 348 Å². The summed E-state index contributed by atoms with van der Waals surface area (Å²) in [4.78, 5) is 28.1. The number of esters is 1. The summed E-state index contributed by atoms with van der Waals surface area (Å²) in [6, 6.07) is 7.97. The number of pyridine rings is 1. The first kappa shape index (κ1) is 48.6. The number of nitrogens with zero attached hydrogens (tertiary/aromatic N) is 5. The van der Waals surface area contributed by atoms with E-state index in [-0.39, 0.29) is 5.97 Å². The second kappa shape index (κ2) is 28.6. The van der Waals surface area contributed by atoms with Crippen LogP contribution in [0.3, 0.4) is 0 Å². The summed E-state index contributed by atoms with van der Waals surface area (Å²) in [5.41, 5.74) is 8.01. The molecule has 0 saturated heterocycles. The van der Waals surface area contributed by atoms with Gasteiger partial charge in [0.1, 0.15) is 23.5 Å². The van der Waals surface area contributed by atoms with Gasteiger partial charge in [-0.1, -0.05) is 135 Å². The fourth-order valence-corrected chi connectivity index (χ4v) is 8.15. The number of carbonyl (C=O) groups is 1. The van der Waals surface area contributed by atoms with Gasteiger partial charge in [-0.15, -0.1) is 0 Å². The summed E-state index contributed by atoms with van der Waals surface area (Å²) in [7, 11) is 0. The van der Waals surface area contributed by atoms with Crippen LogP contribution >= 0.6 is 0 Å². The average Bonchev–Trinajstić information content (AvgIpc) is 3.55. The topological polar surface area (TPSA) is 98.7 Å². The average molecular weight is 793 g/mol. The Morgan fingerprint density at radius 3 is 1.81 bits per heavy atom. The van der Waals surface area contributed by atoms with Gasteiger partial charge < -0.3 is 29.6 Å². The number of unbranched alkanes of at least 4 members (excludes halogenated alkanes) is 16. The molecule has 0 radical (unpaired) electrons. The summed E-state index contributed by atoms with van der Waals surface area (Å²) in [6.07, 6.45) is 26.6. The van der Waals surface area contributed by atoms with Gasteiger partial charge in [-0.2, -0.15) is 0 Å². The van der Waals surface area contributed by atoms with Crippen molar-refractivity contribution in [2.24, 2.45) is 0 Å². The van der Waals surface area contributed by atoms with Gasteiger partial charge in [0.15, 0.2) is 5.82 Å². The van der Waals surface area contributed by atoms with Crippen molar-refractivity contribution in [2.75, 3.05) is 51.6 Å². The smallest absolute Gasteiger partial charge is 0.306 e. The zero-order valence-electron chi connectivity index (χ0n) is 37.6. The predicted molar refractivity (Wildman–Crippen MR) is 242 cm³/mol. The van der Waals surface area contributed by atoms with E-state index in [4.69, 9.17) is 20.2 Å². The zero-order chi connectivity index (χ0) is 41.1. The SMILES string of the molecule is CCCCCCCCCCN(CC)CCCN(CCCCCCCCCC)CCCCCC(=O)OC(C)(C)Cn1c(COCC)nc2c(N)nc3ccccc3c21. The van der Waals surface area contributed by atoms with Crippen LogP contribution in [-0.4, -0.2) is 81.8 Å². The first-order valence-electron chi connectivity index (χ1n) is 23.5. The van der Waals surface area contributed by atoms with Crippen molar-refractivity contribution < 1.29 is 14.3 Å². The Balaban J connectivity index is 1.46. The molecule has 0 aliphatic heterocycles. The number of imidazole rings is 1. The van der Waals surface area contributed by atoms with Crippen LogP contribution in [0.25, 0.3) is 21.9 Å². The molecule has 0 amide bonds. The summed E-state index contributed by atoms with van der Waals surface area (Å²) < 4.78 is 14.1. The minimum Gasteiger partial charge on any atom is -0.458 e. The van der Waals surface area contributed by atoms with Crippen LogP contribution in [0.5, 0.6) is 0 Å². The van der Waals surface area contributed by atoms with E-state index in [1.165, 1.54) is 135 Å². The van der Waals surface area contributed by atoms with Crippen molar-refractivity contribution in [3.05, 3.63) is 30.1 Å². The van der Waals surface area contributed by atoms with Crippen LogP contribution in [0.4, 0.5) is 5.82 Å². The van der Waals surface area contributed by atoms with Crippen LogP contribution in [0.15, 0.2) is 24.3 Å². The van der Waals surface area contributed by atoms with E-state index in [9.17, 15) is 4.79 Å². The monoisotopic (exact) mass is 793 g/mol. The van der Waals surface area contributed by atoms with Gasteiger partial charge in [-0.25, -0.2) is 9.97 Å². The van der Waals surface area contributed by atoms with E-state index in [2.05, 4.69) is 40.1 Å². The Kier molecular flexibility index (Phi) is 24.4. The molecule has 0 unspecified atom stereocenters. The van der Waals surface area contributed by atoms with Gasteiger partial charge in [0, 0.05) is 18.4 Å². The number of nitrogens with two attached hydrogens (primary N) is 1. The molecule has 0 aliphatic carbocycles. The van der Waals surface area contributed by atoms with E-state index in [0.29, 0.717) is 37.5 Å². The maximum Gasteiger partial charge on any atom is 0.306 e. The highest BCUT2D eigenvalue weighted by Gasteiger charge is 2.27. The second-order valence-corrected chi connectivity index (χ2v) is 17.1. The molecule has 3 rings (SSSR count). The number of hydrogen-bond acceptors (Lipinski definition) is 8. The van der Waals surface area contributed by atoms with Crippen molar-refractivity contribution in [3.63, 3.8) is 0 Å². The number of aromatic nitrogens is 3. The quantitative estimate of drug-likeness (QED) is 0.0464. The van der Waals surface area contributed by atoms with E-state index in [1.54, 1.807) is 0 Å². The molecule has 0 bridgehead atoms. The first-order chi connectivity index (χ1) is 27.7. The highest BCUT2D eigenvalue weighted by atomic mass is 16.6. The molecule has 0 spiro atoms. The van der Waals surface area contributed by atoms with Gasteiger partial charge in [0.2, 0.25) is 0 Å². The number of nitrogen functional groups attached to an aromatic ring is 1. The lowest BCUT2D eigenvalue weighted by atomic mass is 10.1. The molecule has 57 heavy (non-hydrogen) atoms. The maximum atomic E-state index is 13.2. The standard InChI is InChI=1S/C48H84N6O3/c1-7-11-13-15-17-19-21-27-34-52(9-3)37-30-38-53(35-28-22-20-18-16-14-12-8-2)36-29-23-24-33-44(55)57-48(5,6)40-54-43(39-56-10-4)51-45-46(54)41-31-25-26-32-42(41)50-47(45)49/h25-26,31-32H,7-24,27-30,33-40H2,1-6H3,(H2,49,50). The van der Waals surface area contributed by atoms with Gasteiger partial charge in [0.05, 0.1) is 17.6 Å². The summed E-state index contributed by atoms with van der Waals surface area (Å²) >= 11 is 0. The molecule has 0 saturated carbocycles. The fraction of sp³-hybridized carbons (Fsp3) is 0.771. The number of fused-ring (bicyclic) bond motifs is 3. The summed E-state index contributed by atoms with van der Waals surface area (Å²) in [5.74, 6) is 1.00. The van der Waals surface area contributed by atoms with E-state index >= 15 is 0 Å².